The topological polar surface area (TPSA) is 46.6 Å². The molecule has 1 saturated heterocycles. The molecular formula is C15H21NO3. The number of hydrogen-bond acceptors (Lipinski definition) is 3. The average molecular weight is 263 g/mol. The Balaban J connectivity index is 0.00000180. The van der Waals surface area contributed by atoms with Crippen LogP contribution in [0.4, 0.5) is 4.79 Å². The minimum Gasteiger partial charge on any atom is -0.445 e. The molecule has 0 spiro atoms. The molecule has 1 heterocycles. The number of Topliss-reactive ketones (excluding diaryl/α,β-unsaturated/α-hetero) is 1. The van der Waals surface area contributed by atoms with Gasteiger partial charge in [0.05, 0.1) is 0 Å². The van der Waals surface area contributed by atoms with Crippen LogP contribution in [0, 0.1) is 0 Å². The monoisotopic (exact) mass is 263 g/mol. The van der Waals surface area contributed by atoms with Gasteiger partial charge in [-0.25, -0.2) is 4.79 Å². The molecule has 4 nitrogen and oxygen atoms in total. The van der Waals surface area contributed by atoms with Crippen molar-refractivity contribution in [3.05, 3.63) is 35.9 Å². The third-order valence-corrected chi connectivity index (χ3v) is 3.01. The van der Waals surface area contributed by atoms with E-state index in [0.717, 1.165) is 12.0 Å². The van der Waals surface area contributed by atoms with Crippen LogP contribution in [-0.2, 0) is 16.1 Å². The second kappa shape index (κ2) is 7.56. The van der Waals surface area contributed by atoms with E-state index in [1.807, 2.05) is 30.3 Å². The molecule has 0 aliphatic carbocycles. The summed E-state index contributed by atoms with van der Waals surface area (Å²) in [6.45, 7) is 1.37. The number of hydrogen-bond donors (Lipinski definition) is 0. The summed E-state index contributed by atoms with van der Waals surface area (Å²) in [5.41, 5.74) is 0.969. The number of carbonyl (C=O) groups is 2. The van der Waals surface area contributed by atoms with Crippen molar-refractivity contribution in [3.63, 3.8) is 0 Å². The zero-order chi connectivity index (χ0) is 12.8. The highest BCUT2D eigenvalue weighted by Crippen LogP contribution is 2.09. The molecule has 4 heteroatoms. The van der Waals surface area contributed by atoms with Gasteiger partial charge in [0.15, 0.2) is 0 Å². The van der Waals surface area contributed by atoms with E-state index in [-0.39, 0.29) is 25.9 Å². The van der Waals surface area contributed by atoms with Gasteiger partial charge in [0, 0.05) is 25.9 Å². The number of amides is 1. The van der Waals surface area contributed by atoms with Crippen LogP contribution in [0.5, 0.6) is 0 Å². The van der Waals surface area contributed by atoms with Crippen LogP contribution in [0.1, 0.15) is 32.3 Å². The summed E-state index contributed by atoms with van der Waals surface area (Å²) in [5.74, 6) is 0.230. The molecule has 0 N–H and O–H groups in total. The Kier molecular flexibility index (Phi) is 6.06. The first-order valence-electron chi connectivity index (χ1n) is 6.23. The highest BCUT2D eigenvalue weighted by atomic mass is 16.6. The summed E-state index contributed by atoms with van der Waals surface area (Å²) in [4.78, 5) is 24.7. The minimum absolute atomic E-state index is 0. The molecule has 2 rings (SSSR count). The number of ketones is 1. The fraction of sp³-hybridized carbons (Fsp3) is 0.467. The van der Waals surface area contributed by atoms with Gasteiger partial charge in [-0.1, -0.05) is 37.8 Å². The van der Waals surface area contributed by atoms with Crippen molar-refractivity contribution < 1.29 is 14.3 Å². The molecule has 1 aliphatic rings. The van der Waals surface area contributed by atoms with Gasteiger partial charge in [0.25, 0.3) is 0 Å². The standard InChI is InChI=1S/C14H17NO3.CH4/c16-13-7-4-9-15(10-8-13)14(17)18-11-12-5-2-1-3-6-12;/h1-3,5-6H,4,7-11H2;1H4. The molecule has 19 heavy (non-hydrogen) atoms. The Morgan fingerprint density at radius 3 is 2.63 bits per heavy atom. The van der Waals surface area contributed by atoms with Crippen molar-refractivity contribution in [1.29, 1.82) is 0 Å². The van der Waals surface area contributed by atoms with E-state index < -0.39 is 0 Å². The SMILES string of the molecule is C.O=C1CCCN(C(=O)OCc2ccccc2)CC1. The maximum absolute atomic E-state index is 11.8. The second-order valence-corrected chi connectivity index (χ2v) is 4.42. The zero-order valence-electron chi connectivity index (χ0n) is 10.3. The van der Waals surface area contributed by atoms with Crippen molar-refractivity contribution in [2.75, 3.05) is 13.1 Å². The lowest BCUT2D eigenvalue weighted by molar-refractivity contribution is -0.118. The van der Waals surface area contributed by atoms with Crippen molar-refractivity contribution >= 4 is 11.9 Å². The summed E-state index contributed by atoms with van der Waals surface area (Å²) in [7, 11) is 0. The van der Waals surface area contributed by atoms with E-state index in [1.54, 1.807) is 4.90 Å². The van der Waals surface area contributed by atoms with E-state index in [9.17, 15) is 9.59 Å². The Labute approximate surface area is 114 Å². The van der Waals surface area contributed by atoms with E-state index in [1.165, 1.54) is 0 Å². The highest BCUT2D eigenvalue weighted by Gasteiger charge is 2.19. The fourth-order valence-corrected chi connectivity index (χ4v) is 1.96. The van der Waals surface area contributed by atoms with Gasteiger partial charge >= 0.3 is 6.09 Å². The summed E-state index contributed by atoms with van der Waals surface area (Å²) in [6, 6.07) is 9.58. The van der Waals surface area contributed by atoms with Gasteiger partial charge in [-0.05, 0) is 12.0 Å². The number of rotatable bonds is 2. The van der Waals surface area contributed by atoms with Crippen molar-refractivity contribution in [2.24, 2.45) is 0 Å². The van der Waals surface area contributed by atoms with Crippen LogP contribution < -0.4 is 0 Å². The zero-order valence-corrected chi connectivity index (χ0v) is 10.3. The Morgan fingerprint density at radius 1 is 1.16 bits per heavy atom. The Hall–Kier alpha value is -1.84. The predicted octanol–water partition coefficient (Wildman–Crippen LogP) is 3.01. The Bertz CT molecular complexity index is 417. The lowest BCUT2D eigenvalue weighted by atomic mass is 10.2. The molecule has 0 aromatic heterocycles. The first-order chi connectivity index (χ1) is 8.75. The largest absolute Gasteiger partial charge is 0.445 e. The first kappa shape index (κ1) is 15.2. The van der Waals surface area contributed by atoms with E-state index >= 15 is 0 Å². The average Bonchev–Trinajstić information content (AvgIpc) is 2.62. The summed E-state index contributed by atoms with van der Waals surface area (Å²) in [5, 5.41) is 0. The third kappa shape index (κ3) is 4.73. The molecule has 1 aromatic rings. The molecule has 0 radical (unpaired) electrons. The number of carbonyl (C=O) groups excluding carboxylic acids is 2. The smallest absolute Gasteiger partial charge is 0.410 e. The van der Waals surface area contributed by atoms with Crippen LogP contribution in [-0.4, -0.2) is 29.9 Å². The molecule has 0 unspecified atom stereocenters. The first-order valence-corrected chi connectivity index (χ1v) is 6.23. The highest BCUT2D eigenvalue weighted by molar-refractivity contribution is 5.79. The normalized spacial score (nSPS) is 15.4. The molecule has 1 aliphatic heterocycles. The third-order valence-electron chi connectivity index (χ3n) is 3.01. The lowest BCUT2D eigenvalue weighted by Crippen LogP contribution is -2.32. The number of ether oxygens (including phenoxy) is 1. The van der Waals surface area contributed by atoms with Gasteiger partial charge in [-0.15, -0.1) is 0 Å². The molecule has 0 saturated carbocycles. The fourth-order valence-electron chi connectivity index (χ4n) is 1.96. The summed E-state index contributed by atoms with van der Waals surface area (Å²) in [6.07, 6.45) is 1.43. The lowest BCUT2D eigenvalue weighted by Gasteiger charge is -2.19. The molecule has 104 valence electrons. The molecule has 0 atom stereocenters. The molecular weight excluding hydrogens is 242 g/mol. The maximum atomic E-state index is 11.8. The van der Waals surface area contributed by atoms with Crippen molar-refractivity contribution in [3.8, 4) is 0 Å². The van der Waals surface area contributed by atoms with Gasteiger partial charge in [0.1, 0.15) is 12.4 Å². The van der Waals surface area contributed by atoms with Gasteiger partial charge in [-0.3, -0.25) is 4.79 Å². The summed E-state index contributed by atoms with van der Waals surface area (Å²) >= 11 is 0. The molecule has 1 fully saturated rings. The quantitative estimate of drug-likeness (QED) is 0.824. The second-order valence-electron chi connectivity index (χ2n) is 4.42. The molecule has 1 aromatic carbocycles. The Morgan fingerprint density at radius 2 is 1.89 bits per heavy atom. The van der Waals surface area contributed by atoms with Crippen LogP contribution in [0.3, 0.4) is 0 Å². The van der Waals surface area contributed by atoms with Crippen LogP contribution in [0.25, 0.3) is 0 Å². The van der Waals surface area contributed by atoms with Gasteiger partial charge in [-0.2, -0.15) is 0 Å². The van der Waals surface area contributed by atoms with Crippen LogP contribution in [0.2, 0.25) is 0 Å². The maximum Gasteiger partial charge on any atom is 0.410 e. The van der Waals surface area contributed by atoms with Crippen molar-refractivity contribution in [1.82, 2.24) is 4.90 Å². The van der Waals surface area contributed by atoms with E-state index in [4.69, 9.17) is 4.74 Å². The van der Waals surface area contributed by atoms with E-state index in [2.05, 4.69) is 0 Å². The summed E-state index contributed by atoms with van der Waals surface area (Å²) < 4.78 is 5.23. The minimum atomic E-state index is -0.325. The van der Waals surface area contributed by atoms with Crippen LogP contribution in [0.15, 0.2) is 30.3 Å². The molecule has 1 amide bonds. The number of likely N-dealkylation sites (tertiary alicyclic amines) is 1. The number of nitrogens with zero attached hydrogens (tertiary/aromatic N) is 1. The van der Waals surface area contributed by atoms with Gasteiger partial charge < -0.3 is 9.64 Å². The molecule has 0 bridgehead atoms. The van der Waals surface area contributed by atoms with Crippen molar-refractivity contribution in [2.45, 2.75) is 33.3 Å². The predicted molar refractivity (Wildman–Crippen MR) is 73.8 cm³/mol. The van der Waals surface area contributed by atoms with E-state index in [0.29, 0.717) is 25.9 Å². The van der Waals surface area contributed by atoms with Crippen LogP contribution >= 0.6 is 0 Å². The number of benzene rings is 1. The van der Waals surface area contributed by atoms with Gasteiger partial charge in [0.2, 0.25) is 0 Å².